The van der Waals surface area contributed by atoms with E-state index in [2.05, 4.69) is 39.0 Å². The Kier molecular flexibility index (Phi) is 6.95. The van der Waals surface area contributed by atoms with Crippen LogP contribution in [0.25, 0.3) is 0 Å². The van der Waals surface area contributed by atoms with E-state index in [0.717, 1.165) is 25.7 Å². The van der Waals surface area contributed by atoms with E-state index in [9.17, 15) is 9.66 Å². The Bertz CT molecular complexity index is 578. The van der Waals surface area contributed by atoms with Crippen molar-refractivity contribution in [1.82, 2.24) is 4.31 Å². The van der Waals surface area contributed by atoms with Crippen molar-refractivity contribution in [1.29, 1.82) is 0 Å². The summed E-state index contributed by atoms with van der Waals surface area (Å²) in [5, 5.41) is 10.2. The second-order valence-electron chi connectivity index (χ2n) is 8.41. The van der Waals surface area contributed by atoms with Crippen molar-refractivity contribution in [2.24, 2.45) is 5.92 Å². The van der Waals surface area contributed by atoms with E-state index in [-0.39, 0.29) is 20.8 Å². The molecule has 1 aliphatic carbocycles. The van der Waals surface area contributed by atoms with Gasteiger partial charge in [-0.25, -0.2) is 0 Å². The first-order valence-corrected chi connectivity index (χ1v) is 11.8. The van der Waals surface area contributed by atoms with Gasteiger partial charge in [0.05, 0.1) is 22.6 Å². The molecule has 1 unspecified atom stereocenters. The van der Waals surface area contributed by atoms with Crippen LogP contribution in [0.3, 0.4) is 0 Å². The van der Waals surface area contributed by atoms with Crippen LogP contribution in [0, 0.1) is 5.92 Å². The summed E-state index contributed by atoms with van der Waals surface area (Å²) < 4.78 is 21.4. The van der Waals surface area contributed by atoms with Gasteiger partial charge in [0.25, 0.3) is 0 Å². The fourth-order valence-electron chi connectivity index (χ4n) is 3.60. The quantitative estimate of drug-likeness (QED) is 0.371. The number of hydrogen-bond acceptors (Lipinski definition) is 4. The molecule has 3 rings (SSSR count). The van der Waals surface area contributed by atoms with Crippen molar-refractivity contribution >= 4 is 34.0 Å². The van der Waals surface area contributed by atoms with E-state index in [4.69, 9.17) is 4.74 Å². The lowest BCUT2D eigenvalue weighted by Crippen LogP contribution is -2.55. The predicted molar refractivity (Wildman–Crippen MR) is 114 cm³/mol. The number of rotatable bonds is 6. The van der Waals surface area contributed by atoms with Gasteiger partial charge in [0, 0.05) is 11.4 Å². The van der Waals surface area contributed by atoms with Crippen LogP contribution in [0.1, 0.15) is 52.0 Å². The molecule has 0 bridgehead atoms. The average molecular weight is 491 g/mol. The summed E-state index contributed by atoms with van der Waals surface area (Å²) in [7, 11) is 0. The molecule has 2 aliphatic rings. The first-order valence-electron chi connectivity index (χ1n) is 9.47. The molecule has 1 aromatic rings. The van der Waals surface area contributed by atoms with Crippen molar-refractivity contribution in [2.45, 2.75) is 80.1 Å². The van der Waals surface area contributed by atoms with E-state index in [1.54, 1.807) is 0 Å². The number of nitrogens with zero attached hydrogens (tertiary/aromatic N) is 1. The molecular weight excluding hydrogens is 461 g/mol. The first kappa shape index (κ1) is 20.9. The topological polar surface area (TPSA) is 55.8 Å². The molecule has 2 fully saturated rings. The van der Waals surface area contributed by atoms with Gasteiger partial charge >= 0.3 is 0 Å². The third-order valence-corrected chi connectivity index (χ3v) is 8.17. The molecule has 1 N–H and O–H groups in total. The van der Waals surface area contributed by atoms with E-state index >= 15 is 0 Å². The highest BCUT2D eigenvalue weighted by atomic mass is 127. The van der Waals surface area contributed by atoms with Gasteiger partial charge in [-0.15, -0.1) is 4.31 Å². The van der Waals surface area contributed by atoms with Crippen LogP contribution in [0.2, 0.25) is 0 Å². The second kappa shape index (κ2) is 8.66. The minimum atomic E-state index is -1.14. The highest BCUT2D eigenvalue weighted by Crippen LogP contribution is 2.43. The Labute approximate surface area is 174 Å². The zero-order chi connectivity index (χ0) is 18.9. The van der Waals surface area contributed by atoms with E-state index in [1.165, 1.54) is 5.56 Å². The summed E-state index contributed by atoms with van der Waals surface area (Å²) in [4.78, 5) is 0. The minimum absolute atomic E-state index is 0.0569. The minimum Gasteiger partial charge on any atom is -0.597 e. The molecule has 0 spiro atoms. The number of aliphatic hydroxyl groups excluding tert-OH is 1. The Balaban J connectivity index is 1.86. The lowest BCUT2D eigenvalue weighted by molar-refractivity contribution is -0.172. The SMILES string of the molecule is CC(C)(C)[S+]([O-])N(Cc1ccccc1)[C@@H](C1CC1)[C@@H]1CC[C@H](I)[C@@H](O)O1. The van der Waals surface area contributed by atoms with Crippen molar-refractivity contribution in [2.75, 3.05) is 0 Å². The molecule has 1 saturated heterocycles. The van der Waals surface area contributed by atoms with Crippen molar-refractivity contribution in [3.05, 3.63) is 35.9 Å². The molecule has 1 saturated carbocycles. The molecule has 6 heteroatoms. The summed E-state index contributed by atoms with van der Waals surface area (Å²) in [5.41, 5.74) is 1.17. The molecule has 0 amide bonds. The summed E-state index contributed by atoms with van der Waals surface area (Å²) in [6.07, 6.45) is 3.38. The van der Waals surface area contributed by atoms with Crippen LogP contribution in [-0.4, -0.2) is 41.1 Å². The van der Waals surface area contributed by atoms with Crippen LogP contribution in [0.5, 0.6) is 0 Å². The second-order valence-corrected chi connectivity index (χ2v) is 12.2. The Morgan fingerprint density at radius 1 is 1.23 bits per heavy atom. The molecule has 1 aliphatic heterocycles. The smallest absolute Gasteiger partial charge is 0.166 e. The largest absolute Gasteiger partial charge is 0.597 e. The molecule has 0 aromatic heterocycles. The van der Waals surface area contributed by atoms with Crippen molar-refractivity contribution in [3.63, 3.8) is 0 Å². The summed E-state index contributed by atoms with van der Waals surface area (Å²) in [6, 6.07) is 10.3. The van der Waals surface area contributed by atoms with Crippen LogP contribution >= 0.6 is 22.6 Å². The molecule has 0 radical (unpaired) electrons. The van der Waals surface area contributed by atoms with Gasteiger partial charge in [-0.05, 0) is 57.9 Å². The van der Waals surface area contributed by atoms with Gasteiger partial charge in [0.15, 0.2) is 6.29 Å². The van der Waals surface area contributed by atoms with Crippen LogP contribution < -0.4 is 0 Å². The molecule has 146 valence electrons. The fourth-order valence-corrected chi connectivity index (χ4v) is 5.63. The van der Waals surface area contributed by atoms with Crippen LogP contribution in [0.4, 0.5) is 0 Å². The number of halogens is 1. The van der Waals surface area contributed by atoms with E-state index in [0.29, 0.717) is 12.5 Å². The summed E-state index contributed by atoms with van der Waals surface area (Å²) in [5.74, 6) is 0.507. The van der Waals surface area contributed by atoms with Gasteiger partial charge in [-0.2, -0.15) is 0 Å². The van der Waals surface area contributed by atoms with Gasteiger partial charge < -0.3 is 14.4 Å². The molecule has 26 heavy (non-hydrogen) atoms. The number of alkyl halides is 1. The molecule has 1 aromatic carbocycles. The van der Waals surface area contributed by atoms with Crippen molar-refractivity contribution < 1.29 is 14.4 Å². The monoisotopic (exact) mass is 491 g/mol. The van der Waals surface area contributed by atoms with Gasteiger partial charge in [0.1, 0.15) is 4.75 Å². The Morgan fingerprint density at radius 2 is 1.88 bits per heavy atom. The van der Waals surface area contributed by atoms with E-state index < -0.39 is 17.7 Å². The van der Waals surface area contributed by atoms with Crippen LogP contribution in [-0.2, 0) is 22.6 Å². The van der Waals surface area contributed by atoms with E-state index in [1.807, 2.05) is 39.0 Å². The number of hydrogen-bond donors (Lipinski definition) is 1. The average Bonchev–Trinajstić information content (AvgIpc) is 3.42. The normalized spacial score (nSPS) is 29.6. The van der Waals surface area contributed by atoms with Gasteiger partial charge in [0.2, 0.25) is 0 Å². The van der Waals surface area contributed by atoms with Crippen molar-refractivity contribution in [3.8, 4) is 0 Å². The van der Waals surface area contributed by atoms with Gasteiger partial charge in [-0.1, -0.05) is 52.9 Å². The Morgan fingerprint density at radius 3 is 2.42 bits per heavy atom. The molecule has 4 nitrogen and oxygen atoms in total. The lowest BCUT2D eigenvalue weighted by atomic mass is 9.97. The van der Waals surface area contributed by atoms with Crippen LogP contribution in [0.15, 0.2) is 30.3 Å². The lowest BCUT2D eigenvalue weighted by Gasteiger charge is -2.43. The highest BCUT2D eigenvalue weighted by molar-refractivity contribution is 14.1. The van der Waals surface area contributed by atoms with Gasteiger partial charge in [-0.3, -0.25) is 0 Å². The number of aliphatic hydroxyl groups is 1. The Hall–Kier alpha value is 0.140. The summed E-state index contributed by atoms with van der Waals surface area (Å²) >= 11 is 1.12. The fraction of sp³-hybridized carbons (Fsp3) is 0.700. The first-order chi connectivity index (χ1) is 12.3. The zero-order valence-corrected chi connectivity index (χ0v) is 18.8. The summed E-state index contributed by atoms with van der Waals surface area (Å²) in [6.45, 7) is 6.74. The third kappa shape index (κ3) is 5.14. The third-order valence-electron chi connectivity index (χ3n) is 5.09. The maximum absolute atomic E-state index is 13.4. The zero-order valence-electron chi connectivity index (χ0n) is 15.8. The maximum atomic E-state index is 13.4. The molecular formula is C20H30INO3S. The standard InChI is InChI=1S/C20H30INO3S/c1-20(2,3)26(24)22(13-14-7-5-4-6-8-14)18(15-9-10-15)17-12-11-16(21)19(23)25-17/h4-8,15-19,23H,9-13H2,1-3H3/t16-,17-,18-,19-,26?/m0/s1. The predicted octanol–water partition coefficient (Wildman–Crippen LogP) is 4.03. The molecule has 5 atom stereocenters. The maximum Gasteiger partial charge on any atom is 0.166 e. The number of benzene rings is 1. The molecule has 1 heterocycles. The highest BCUT2D eigenvalue weighted by Gasteiger charge is 2.49. The number of ether oxygens (including phenoxy) is 1.